The first-order chi connectivity index (χ1) is 14.6. The standard InChI is InChI=1S/C21H29N5O4/c1-14(26(15-7-8-15)20(27)18-13-22-10-12-30-18)19-16-5-2-3-6-17(16)25(24-19)11-4-9-23-21(28)29/h2-3,5-6,14-15,18,22-23H,4,7-13H2,1H3,(H,28,29)/t14?,18-/m1/s1. The molecule has 1 saturated heterocycles. The summed E-state index contributed by atoms with van der Waals surface area (Å²) < 4.78 is 7.64. The molecule has 30 heavy (non-hydrogen) atoms. The second-order valence-corrected chi connectivity index (χ2v) is 7.93. The number of hydrogen-bond donors (Lipinski definition) is 3. The third kappa shape index (κ3) is 4.41. The van der Waals surface area contributed by atoms with Crippen LogP contribution in [-0.2, 0) is 16.1 Å². The van der Waals surface area contributed by atoms with Crippen LogP contribution in [0.1, 0.15) is 37.9 Å². The maximum atomic E-state index is 13.3. The molecule has 2 aliphatic rings. The van der Waals surface area contributed by atoms with E-state index in [0.29, 0.717) is 32.7 Å². The number of nitrogens with one attached hydrogen (secondary N) is 2. The highest BCUT2D eigenvalue weighted by molar-refractivity contribution is 5.85. The van der Waals surface area contributed by atoms with Gasteiger partial charge in [0.25, 0.3) is 5.91 Å². The van der Waals surface area contributed by atoms with E-state index in [-0.39, 0.29) is 18.0 Å². The number of nitrogens with zero attached hydrogens (tertiary/aromatic N) is 3. The minimum absolute atomic E-state index is 0.0292. The van der Waals surface area contributed by atoms with E-state index in [2.05, 4.69) is 10.6 Å². The molecule has 9 heteroatoms. The SMILES string of the molecule is CC(c1nn(CCCNC(=O)O)c2ccccc12)N(C(=O)[C@H]1CNCCO1)C1CC1. The monoisotopic (exact) mass is 415 g/mol. The predicted octanol–water partition coefficient (Wildman–Crippen LogP) is 1.73. The predicted molar refractivity (Wildman–Crippen MR) is 111 cm³/mol. The van der Waals surface area contributed by atoms with E-state index in [1.807, 2.05) is 40.8 Å². The van der Waals surface area contributed by atoms with Crippen LogP contribution in [0.2, 0.25) is 0 Å². The number of para-hydroxylation sites is 1. The molecule has 3 N–H and O–H groups in total. The van der Waals surface area contributed by atoms with Crippen molar-refractivity contribution in [2.24, 2.45) is 0 Å². The van der Waals surface area contributed by atoms with Gasteiger partial charge in [-0.05, 0) is 32.3 Å². The zero-order valence-corrected chi connectivity index (χ0v) is 17.2. The lowest BCUT2D eigenvalue weighted by Crippen LogP contribution is -2.50. The Bertz CT molecular complexity index is 904. The van der Waals surface area contributed by atoms with Crippen molar-refractivity contribution < 1.29 is 19.4 Å². The van der Waals surface area contributed by atoms with Crippen molar-refractivity contribution in [2.75, 3.05) is 26.2 Å². The fraction of sp³-hybridized carbons (Fsp3) is 0.571. The second-order valence-electron chi connectivity index (χ2n) is 7.93. The Kier molecular flexibility index (Phi) is 6.19. The van der Waals surface area contributed by atoms with E-state index in [4.69, 9.17) is 14.9 Å². The van der Waals surface area contributed by atoms with Gasteiger partial charge in [-0.2, -0.15) is 5.10 Å². The number of carboxylic acid groups (broad SMARTS) is 1. The smallest absolute Gasteiger partial charge is 0.404 e. The van der Waals surface area contributed by atoms with Gasteiger partial charge >= 0.3 is 6.09 Å². The van der Waals surface area contributed by atoms with Crippen LogP contribution in [0.25, 0.3) is 10.9 Å². The molecule has 2 heterocycles. The number of aryl methyl sites for hydroxylation is 1. The van der Waals surface area contributed by atoms with E-state index >= 15 is 0 Å². The van der Waals surface area contributed by atoms with Gasteiger partial charge in [0.15, 0.2) is 0 Å². The summed E-state index contributed by atoms with van der Waals surface area (Å²) in [6, 6.07) is 8.07. The molecule has 1 aliphatic heterocycles. The van der Waals surface area contributed by atoms with Gasteiger partial charge < -0.3 is 25.4 Å². The molecule has 2 fully saturated rings. The van der Waals surface area contributed by atoms with Crippen LogP contribution in [0.3, 0.4) is 0 Å². The lowest BCUT2D eigenvalue weighted by atomic mass is 10.1. The molecule has 4 rings (SSSR count). The number of benzene rings is 1. The Labute approximate surface area is 175 Å². The summed E-state index contributed by atoms with van der Waals surface area (Å²) in [5, 5.41) is 20.3. The van der Waals surface area contributed by atoms with Crippen LogP contribution >= 0.6 is 0 Å². The molecule has 1 aromatic heterocycles. The van der Waals surface area contributed by atoms with Crippen molar-refractivity contribution in [3.63, 3.8) is 0 Å². The van der Waals surface area contributed by atoms with Crippen molar-refractivity contribution in [1.29, 1.82) is 0 Å². The normalized spacial score (nSPS) is 20.1. The van der Waals surface area contributed by atoms with Crippen molar-refractivity contribution >= 4 is 22.9 Å². The van der Waals surface area contributed by atoms with Crippen molar-refractivity contribution in [3.8, 4) is 0 Å². The first-order valence-electron chi connectivity index (χ1n) is 10.6. The Morgan fingerprint density at radius 1 is 1.40 bits per heavy atom. The van der Waals surface area contributed by atoms with Gasteiger partial charge in [-0.1, -0.05) is 18.2 Å². The Balaban J connectivity index is 1.57. The summed E-state index contributed by atoms with van der Waals surface area (Å²) in [6.45, 7) is 4.87. The molecule has 9 nitrogen and oxygen atoms in total. The molecule has 1 aromatic carbocycles. The minimum atomic E-state index is -1.02. The van der Waals surface area contributed by atoms with Gasteiger partial charge in [0.1, 0.15) is 6.10 Å². The quantitative estimate of drug-likeness (QED) is 0.567. The molecule has 0 spiro atoms. The van der Waals surface area contributed by atoms with Gasteiger partial charge in [0.2, 0.25) is 0 Å². The van der Waals surface area contributed by atoms with Crippen molar-refractivity contribution in [3.05, 3.63) is 30.0 Å². The van der Waals surface area contributed by atoms with Crippen molar-refractivity contribution in [1.82, 2.24) is 25.3 Å². The average Bonchev–Trinajstić information content (AvgIpc) is 3.52. The van der Waals surface area contributed by atoms with Gasteiger partial charge in [-0.3, -0.25) is 9.48 Å². The first kappa shape index (κ1) is 20.6. The molecule has 1 saturated carbocycles. The first-order valence-corrected chi connectivity index (χ1v) is 10.6. The van der Waals surface area contributed by atoms with Crippen LogP contribution in [0.4, 0.5) is 4.79 Å². The van der Waals surface area contributed by atoms with Crippen LogP contribution in [-0.4, -0.2) is 70.2 Å². The number of aromatic nitrogens is 2. The number of morpholine rings is 1. The molecule has 1 unspecified atom stereocenters. The molecule has 0 radical (unpaired) electrons. The Morgan fingerprint density at radius 2 is 2.20 bits per heavy atom. The maximum Gasteiger partial charge on any atom is 0.404 e. The fourth-order valence-corrected chi connectivity index (χ4v) is 4.12. The third-order valence-corrected chi connectivity index (χ3v) is 5.72. The van der Waals surface area contributed by atoms with E-state index in [1.54, 1.807) is 0 Å². The zero-order valence-electron chi connectivity index (χ0n) is 17.2. The topological polar surface area (TPSA) is 109 Å². The van der Waals surface area contributed by atoms with Crippen LogP contribution in [0.15, 0.2) is 24.3 Å². The van der Waals surface area contributed by atoms with E-state index in [1.165, 1.54) is 0 Å². The van der Waals surface area contributed by atoms with Crippen LogP contribution in [0.5, 0.6) is 0 Å². The number of ether oxygens (including phenoxy) is 1. The zero-order chi connectivity index (χ0) is 21.1. The number of carbonyl (C=O) groups is 2. The average molecular weight is 415 g/mol. The number of fused-ring (bicyclic) bond motifs is 1. The molecular formula is C21H29N5O4. The number of rotatable bonds is 8. The molecule has 1 aliphatic carbocycles. The number of amides is 2. The Hall–Kier alpha value is -2.65. The second kappa shape index (κ2) is 9.01. The van der Waals surface area contributed by atoms with Gasteiger partial charge in [-0.15, -0.1) is 0 Å². The highest BCUT2D eigenvalue weighted by atomic mass is 16.5. The molecule has 2 aromatic rings. The summed E-state index contributed by atoms with van der Waals surface area (Å²) in [4.78, 5) is 25.9. The maximum absolute atomic E-state index is 13.3. The highest BCUT2D eigenvalue weighted by Crippen LogP contribution is 2.37. The summed E-state index contributed by atoms with van der Waals surface area (Å²) in [6.07, 6.45) is 1.19. The third-order valence-electron chi connectivity index (χ3n) is 5.72. The van der Waals surface area contributed by atoms with Crippen LogP contribution in [0, 0.1) is 0 Å². The molecule has 162 valence electrons. The lowest BCUT2D eigenvalue weighted by Gasteiger charge is -2.33. The molecule has 2 amide bonds. The fourth-order valence-electron chi connectivity index (χ4n) is 4.12. The number of hydrogen-bond acceptors (Lipinski definition) is 5. The summed E-state index contributed by atoms with van der Waals surface area (Å²) >= 11 is 0. The van der Waals surface area contributed by atoms with Gasteiger partial charge in [0.05, 0.1) is 23.9 Å². The molecule has 0 bridgehead atoms. The summed E-state index contributed by atoms with van der Waals surface area (Å²) in [5.41, 5.74) is 1.87. The lowest BCUT2D eigenvalue weighted by molar-refractivity contribution is -0.148. The molecule has 2 atom stereocenters. The summed E-state index contributed by atoms with van der Waals surface area (Å²) in [5.74, 6) is 0.0292. The van der Waals surface area contributed by atoms with E-state index in [9.17, 15) is 9.59 Å². The van der Waals surface area contributed by atoms with E-state index < -0.39 is 12.2 Å². The largest absolute Gasteiger partial charge is 0.465 e. The molecular weight excluding hydrogens is 386 g/mol. The van der Waals surface area contributed by atoms with Gasteiger partial charge in [-0.25, -0.2) is 4.79 Å². The van der Waals surface area contributed by atoms with E-state index in [0.717, 1.165) is 36.0 Å². The van der Waals surface area contributed by atoms with Gasteiger partial charge in [0, 0.05) is 37.6 Å². The van der Waals surface area contributed by atoms with Crippen LogP contribution < -0.4 is 10.6 Å². The number of carbonyl (C=O) groups excluding carboxylic acids is 1. The Morgan fingerprint density at radius 3 is 2.90 bits per heavy atom. The highest BCUT2D eigenvalue weighted by Gasteiger charge is 2.41. The van der Waals surface area contributed by atoms with Crippen molar-refractivity contribution in [2.45, 2.75) is 50.9 Å². The summed E-state index contributed by atoms with van der Waals surface area (Å²) in [7, 11) is 0. The minimum Gasteiger partial charge on any atom is -0.465 e.